The molecule has 1 amide bonds. The van der Waals surface area contributed by atoms with Crippen molar-refractivity contribution in [3.8, 4) is 11.4 Å². The highest BCUT2D eigenvalue weighted by molar-refractivity contribution is 5.81. The van der Waals surface area contributed by atoms with Crippen LogP contribution in [0.5, 0.6) is 0 Å². The van der Waals surface area contributed by atoms with E-state index in [1.807, 2.05) is 18.7 Å². The Labute approximate surface area is 181 Å². The molecule has 1 aromatic carbocycles. The molecule has 0 N–H and O–H groups in total. The summed E-state index contributed by atoms with van der Waals surface area (Å²) < 4.78 is 24.4. The van der Waals surface area contributed by atoms with E-state index in [-0.39, 0.29) is 23.8 Å². The molecule has 8 nitrogen and oxygen atoms in total. The molecule has 168 valence electrons. The highest BCUT2D eigenvalue weighted by Gasteiger charge is 2.32. The van der Waals surface area contributed by atoms with Gasteiger partial charge in [0, 0.05) is 44.8 Å². The van der Waals surface area contributed by atoms with Crippen LogP contribution in [0.1, 0.15) is 31.3 Å². The number of hydrogen-bond acceptors (Lipinski definition) is 7. The quantitative estimate of drug-likeness (QED) is 0.718. The first-order chi connectivity index (χ1) is 14.9. The minimum atomic E-state index is -0.250. The number of aryl methyl sites for hydroxylation is 1. The van der Waals surface area contributed by atoms with Gasteiger partial charge in [0.25, 0.3) is 0 Å². The van der Waals surface area contributed by atoms with Crippen LogP contribution in [0.25, 0.3) is 11.4 Å². The number of carbonyl (C=O) groups excluding carboxylic acids is 1. The van der Waals surface area contributed by atoms with Gasteiger partial charge in [-0.1, -0.05) is 5.16 Å². The second-order valence-corrected chi connectivity index (χ2v) is 8.28. The summed E-state index contributed by atoms with van der Waals surface area (Å²) in [5.41, 5.74) is 1.29. The molecule has 4 rings (SSSR count). The maximum absolute atomic E-state index is 13.5. The van der Waals surface area contributed by atoms with Crippen molar-refractivity contribution in [3.63, 3.8) is 0 Å². The van der Waals surface area contributed by atoms with E-state index in [1.165, 1.54) is 6.07 Å². The fourth-order valence-corrected chi connectivity index (χ4v) is 4.18. The maximum Gasteiger partial charge on any atom is 0.244 e. The molecule has 2 aliphatic rings. The van der Waals surface area contributed by atoms with Gasteiger partial charge in [-0.2, -0.15) is 4.98 Å². The van der Waals surface area contributed by atoms with E-state index in [4.69, 9.17) is 9.26 Å². The molecule has 0 radical (unpaired) electrons. The molecule has 0 saturated carbocycles. The van der Waals surface area contributed by atoms with Crippen LogP contribution in [-0.4, -0.2) is 89.3 Å². The number of halogens is 1. The summed E-state index contributed by atoms with van der Waals surface area (Å²) in [6, 6.07) is 4.64. The van der Waals surface area contributed by atoms with Crippen molar-refractivity contribution >= 4 is 5.91 Å². The Kier molecular flexibility index (Phi) is 6.64. The van der Waals surface area contributed by atoms with Crippen LogP contribution in [0.15, 0.2) is 22.7 Å². The van der Waals surface area contributed by atoms with Gasteiger partial charge in [0.2, 0.25) is 17.6 Å². The third kappa shape index (κ3) is 4.78. The van der Waals surface area contributed by atoms with E-state index >= 15 is 0 Å². The summed E-state index contributed by atoms with van der Waals surface area (Å²) in [6.07, 6.45) is 0. The number of aromatic nitrogens is 2. The Hall–Kier alpha value is -2.36. The van der Waals surface area contributed by atoms with Crippen LogP contribution in [-0.2, 0) is 9.53 Å². The maximum atomic E-state index is 13.5. The van der Waals surface area contributed by atoms with E-state index in [0.29, 0.717) is 43.6 Å². The third-order valence-electron chi connectivity index (χ3n) is 6.34. The predicted octanol–water partition coefficient (Wildman–Crippen LogP) is 2.11. The zero-order valence-corrected chi connectivity index (χ0v) is 18.4. The molecule has 1 aromatic heterocycles. The first-order valence-corrected chi connectivity index (χ1v) is 10.9. The third-order valence-corrected chi connectivity index (χ3v) is 6.34. The van der Waals surface area contributed by atoms with E-state index in [2.05, 4.69) is 19.9 Å². The monoisotopic (exact) mass is 431 g/mol. The number of amides is 1. The molecule has 3 heterocycles. The molecule has 2 unspecified atom stereocenters. The van der Waals surface area contributed by atoms with E-state index in [9.17, 15) is 9.18 Å². The fourth-order valence-electron chi connectivity index (χ4n) is 4.18. The van der Waals surface area contributed by atoms with Crippen LogP contribution >= 0.6 is 0 Å². The summed E-state index contributed by atoms with van der Waals surface area (Å²) in [4.78, 5) is 23.7. The summed E-state index contributed by atoms with van der Waals surface area (Å²) in [7, 11) is 0. The molecule has 0 spiro atoms. The number of benzene rings is 1. The van der Waals surface area contributed by atoms with Crippen molar-refractivity contribution < 1.29 is 18.4 Å². The number of nitrogens with zero attached hydrogens (tertiary/aromatic N) is 5. The van der Waals surface area contributed by atoms with Crippen molar-refractivity contribution in [1.29, 1.82) is 0 Å². The average Bonchev–Trinajstić information content (AvgIpc) is 3.30. The second-order valence-electron chi connectivity index (χ2n) is 8.28. The van der Waals surface area contributed by atoms with E-state index in [0.717, 1.165) is 31.7 Å². The van der Waals surface area contributed by atoms with Gasteiger partial charge in [0.1, 0.15) is 5.82 Å². The molecule has 2 aromatic rings. The molecule has 9 heteroatoms. The lowest BCUT2D eigenvalue weighted by Crippen LogP contribution is -2.56. The van der Waals surface area contributed by atoms with Crippen LogP contribution in [0, 0.1) is 12.7 Å². The first kappa shape index (κ1) is 21.9. The number of rotatable bonds is 5. The number of carbonyl (C=O) groups is 1. The smallest absolute Gasteiger partial charge is 0.244 e. The molecule has 0 bridgehead atoms. The van der Waals surface area contributed by atoms with Gasteiger partial charge in [-0.15, -0.1) is 0 Å². The first-order valence-electron chi connectivity index (χ1n) is 10.9. The zero-order chi connectivity index (χ0) is 22.0. The van der Waals surface area contributed by atoms with Gasteiger partial charge in [0.05, 0.1) is 25.3 Å². The Morgan fingerprint density at radius 3 is 2.42 bits per heavy atom. The number of hydrogen-bond donors (Lipinski definition) is 0. The topological polar surface area (TPSA) is 74.9 Å². The zero-order valence-electron chi connectivity index (χ0n) is 18.4. The minimum absolute atomic E-state index is 0.0322. The molecule has 2 saturated heterocycles. The Balaban J connectivity index is 1.34. The van der Waals surface area contributed by atoms with Crippen molar-refractivity contribution in [2.45, 2.75) is 32.9 Å². The standard InChI is InChI=1S/C22H30FN5O3/c1-15-14-18(4-5-19(15)23)20-24-21(31-25-20)16(2)26-6-8-27(9-7-26)17(3)22(29)28-10-12-30-13-11-28/h4-5,14,16-17H,6-13H2,1-3H3. The molecule has 0 aliphatic carbocycles. The van der Waals surface area contributed by atoms with Crippen LogP contribution in [0.3, 0.4) is 0 Å². The second kappa shape index (κ2) is 9.42. The van der Waals surface area contributed by atoms with Gasteiger partial charge in [-0.3, -0.25) is 14.6 Å². The average molecular weight is 432 g/mol. The number of ether oxygens (including phenoxy) is 1. The molecule has 31 heavy (non-hydrogen) atoms. The largest absolute Gasteiger partial charge is 0.378 e. The van der Waals surface area contributed by atoms with Crippen molar-refractivity contribution in [2.75, 3.05) is 52.5 Å². The van der Waals surface area contributed by atoms with Gasteiger partial charge in [-0.25, -0.2) is 4.39 Å². The molecular weight excluding hydrogens is 401 g/mol. The minimum Gasteiger partial charge on any atom is -0.378 e. The Bertz CT molecular complexity index is 906. The van der Waals surface area contributed by atoms with Crippen LogP contribution in [0.4, 0.5) is 4.39 Å². The van der Waals surface area contributed by atoms with Gasteiger partial charge in [-0.05, 0) is 44.5 Å². The Morgan fingerprint density at radius 1 is 1.06 bits per heavy atom. The van der Waals surface area contributed by atoms with Gasteiger partial charge >= 0.3 is 0 Å². The van der Waals surface area contributed by atoms with Crippen molar-refractivity contribution in [1.82, 2.24) is 24.8 Å². The van der Waals surface area contributed by atoms with Crippen LogP contribution < -0.4 is 0 Å². The van der Waals surface area contributed by atoms with Crippen molar-refractivity contribution in [2.24, 2.45) is 0 Å². The van der Waals surface area contributed by atoms with Crippen LogP contribution in [0.2, 0.25) is 0 Å². The molecule has 2 atom stereocenters. The van der Waals surface area contributed by atoms with Gasteiger partial charge in [0.15, 0.2) is 0 Å². The SMILES string of the molecule is Cc1cc(-c2noc(C(C)N3CCN(C(C)C(=O)N4CCOCC4)CC3)n2)ccc1F. The lowest BCUT2D eigenvalue weighted by atomic mass is 10.1. The fraction of sp³-hybridized carbons (Fsp3) is 0.591. The summed E-state index contributed by atoms with van der Waals surface area (Å²) in [6.45, 7) is 11.6. The molecule has 2 aliphatic heterocycles. The number of piperazine rings is 1. The summed E-state index contributed by atoms with van der Waals surface area (Å²) >= 11 is 0. The molecule has 2 fully saturated rings. The normalized spacial score (nSPS) is 20.6. The lowest BCUT2D eigenvalue weighted by Gasteiger charge is -2.40. The predicted molar refractivity (Wildman–Crippen MR) is 113 cm³/mol. The summed E-state index contributed by atoms with van der Waals surface area (Å²) in [5.74, 6) is 0.942. The molecular formula is C22H30FN5O3. The highest BCUT2D eigenvalue weighted by atomic mass is 19.1. The summed E-state index contributed by atoms with van der Waals surface area (Å²) in [5, 5.41) is 4.09. The van der Waals surface area contributed by atoms with Crippen molar-refractivity contribution in [3.05, 3.63) is 35.5 Å². The Morgan fingerprint density at radius 2 is 1.74 bits per heavy atom. The van der Waals surface area contributed by atoms with E-state index in [1.54, 1.807) is 19.1 Å². The number of morpholine rings is 1. The highest BCUT2D eigenvalue weighted by Crippen LogP contribution is 2.25. The van der Waals surface area contributed by atoms with E-state index < -0.39 is 0 Å². The lowest BCUT2D eigenvalue weighted by molar-refractivity contribution is -0.141. The van der Waals surface area contributed by atoms with Gasteiger partial charge < -0.3 is 14.2 Å².